The maximum Gasteiger partial charge on any atom is 0.178 e. The molecule has 0 saturated carbocycles. The highest BCUT2D eigenvalue weighted by molar-refractivity contribution is 6.87. The van der Waals surface area contributed by atoms with E-state index in [0.717, 1.165) is 0 Å². The highest BCUT2D eigenvalue weighted by Crippen LogP contribution is 2.38. The van der Waals surface area contributed by atoms with E-state index < -0.39 is 16.6 Å². The third kappa shape index (κ3) is 3.96. The van der Waals surface area contributed by atoms with E-state index in [2.05, 4.69) is 59.9 Å². The van der Waals surface area contributed by atoms with Gasteiger partial charge in [0.2, 0.25) is 0 Å². The zero-order valence-electron chi connectivity index (χ0n) is 10.5. The first-order chi connectivity index (χ1) is 5.52. The Kier molecular flexibility index (Phi) is 3.99. The van der Waals surface area contributed by atoms with Crippen molar-refractivity contribution in [1.82, 2.24) is 0 Å². The first-order valence-corrected chi connectivity index (χ1v) is 10.9. The Bertz CT molecular complexity index is 168. The molecule has 0 bridgehead atoms. The monoisotopic (exact) mass is 217 g/mol. The Morgan fingerprint density at radius 1 is 1.00 bits per heavy atom. The second-order valence-electron chi connectivity index (χ2n) is 5.75. The summed E-state index contributed by atoms with van der Waals surface area (Å²) in [6.07, 6.45) is 0. The van der Waals surface area contributed by atoms with E-state index in [9.17, 15) is 0 Å². The first kappa shape index (κ1) is 13.4. The standard InChI is InChI=1S/C10H25OSi2/c1-9-12(5,6)11-13(7,8)10(2,3)4/h9H,1-8H3. The number of hydrogen-bond acceptors (Lipinski definition) is 1. The van der Waals surface area contributed by atoms with Crippen molar-refractivity contribution in [2.24, 2.45) is 0 Å². The summed E-state index contributed by atoms with van der Waals surface area (Å²) in [6.45, 7) is 18.2. The Morgan fingerprint density at radius 2 is 1.38 bits per heavy atom. The average Bonchev–Trinajstić information content (AvgIpc) is 1.83. The third-order valence-corrected chi connectivity index (χ3v) is 12.2. The molecule has 0 aliphatic carbocycles. The van der Waals surface area contributed by atoms with E-state index in [-0.39, 0.29) is 0 Å². The normalized spacial score (nSPS) is 14.8. The van der Waals surface area contributed by atoms with Crippen molar-refractivity contribution in [3.8, 4) is 0 Å². The van der Waals surface area contributed by atoms with Crippen molar-refractivity contribution in [3.63, 3.8) is 0 Å². The van der Waals surface area contributed by atoms with Gasteiger partial charge in [0.1, 0.15) is 0 Å². The zero-order valence-corrected chi connectivity index (χ0v) is 12.5. The van der Waals surface area contributed by atoms with Gasteiger partial charge in [0.05, 0.1) is 0 Å². The van der Waals surface area contributed by atoms with Gasteiger partial charge in [0.25, 0.3) is 0 Å². The van der Waals surface area contributed by atoms with Crippen LogP contribution in [0.4, 0.5) is 0 Å². The molecular weight excluding hydrogens is 192 g/mol. The molecule has 0 rings (SSSR count). The van der Waals surface area contributed by atoms with Crippen LogP contribution in [0.2, 0.25) is 31.2 Å². The van der Waals surface area contributed by atoms with Gasteiger partial charge >= 0.3 is 0 Å². The molecule has 0 aliphatic rings. The van der Waals surface area contributed by atoms with Crippen molar-refractivity contribution < 1.29 is 4.12 Å². The highest BCUT2D eigenvalue weighted by atomic mass is 28.4. The molecule has 0 saturated heterocycles. The fraction of sp³-hybridized carbons (Fsp3) is 0.900. The summed E-state index contributed by atoms with van der Waals surface area (Å²) < 4.78 is 6.36. The minimum Gasteiger partial charge on any atom is -0.455 e. The lowest BCUT2D eigenvalue weighted by atomic mass is 10.2. The molecule has 0 atom stereocenters. The van der Waals surface area contributed by atoms with E-state index in [1.54, 1.807) is 0 Å². The molecule has 3 heteroatoms. The predicted octanol–water partition coefficient (Wildman–Crippen LogP) is 3.98. The van der Waals surface area contributed by atoms with E-state index in [0.29, 0.717) is 5.04 Å². The van der Waals surface area contributed by atoms with Crippen LogP contribution in [0.5, 0.6) is 0 Å². The van der Waals surface area contributed by atoms with Gasteiger partial charge < -0.3 is 4.12 Å². The van der Waals surface area contributed by atoms with Crippen LogP contribution in [-0.4, -0.2) is 16.6 Å². The summed E-state index contributed by atoms with van der Waals surface area (Å²) in [5.74, 6) is 0. The molecule has 0 fully saturated rings. The van der Waals surface area contributed by atoms with Crippen LogP contribution < -0.4 is 0 Å². The molecule has 0 aromatic heterocycles. The number of hydrogen-bond donors (Lipinski definition) is 0. The van der Waals surface area contributed by atoms with E-state index in [1.165, 1.54) is 0 Å². The maximum atomic E-state index is 6.36. The quantitative estimate of drug-likeness (QED) is 0.650. The van der Waals surface area contributed by atoms with Gasteiger partial charge in [-0.15, -0.1) is 0 Å². The smallest absolute Gasteiger partial charge is 0.178 e. The summed E-state index contributed by atoms with van der Waals surface area (Å²) in [5, 5.41) is 0.334. The fourth-order valence-corrected chi connectivity index (χ4v) is 7.83. The molecule has 0 amide bonds. The number of rotatable bonds is 3. The van der Waals surface area contributed by atoms with Crippen LogP contribution in [0.25, 0.3) is 0 Å². The summed E-state index contributed by atoms with van der Waals surface area (Å²) in [5.41, 5.74) is 0. The van der Waals surface area contributed by atoms with Crippen molar-refractivity contribution in [2.45, 2.75) is 58.9 Å². The molecule has 0 aromatic rings. The lowest BCUT2D eigenvalue weighted by Crippen LogP contribution is -2.50. The van der Waals surface area contributed by atoms with Gasteiger partial charge in [-0.25, -0.2) is 0 Å². The summed E-state index contributed by atoms with van der Waals surface area (Å²) in [4.78, 5) is 0. The molecule has 79 valence electrons. The molecule has 0 unspecified atom stereocenters. The second kappa shape index (κ2) is 3.87. The lowest BCUT2D eigenvalue weighted by Gasteiger charge is -2.42. The minimum atomic E-state index is -1.53. The van der Waals surface area contributed by atoms with Crippen LogP contribution in [0.3, 0.4) is 0 Å². The second-order valence-corrected chi connectivity index (χ2v) is 14.9. The Hall–Kier alpha value is 0.394. The van der Waals surface area contributed by atoms with Crippen molar-refractivity contribution in [3.05, 3.63) is 6.04 Å². The molecule has 0 spiro atoms. The summed E-state index contributed by atoms with van der Waals surface area (Å²) in [7, 11) is -3.02. The van der Waals surface area contributed by atoms with Crippen molar-refractivity contribution >= 4 is 16.6 Å². The van der Waals surface area contributed by atoms with Crippen LogP contribution in [0.15, 0.2) is 0 Å². The fourth-order valence-electron chi connectivity index (χ4n) is 0.870. The zero-order chi connectivity index (χ0) is 10.9. The average molecular weight is 217 g/mol. The largest absolute Gasteiger partial charge is 0.455 e. The van der Waals surface area contributed by atoms with Gasteiger partial charge in [-0.3, -0.25) is 0 Å². The molecule has 0 N–H and O–H groups in total. The first-order valence-electron chi connectivity index (χ1n) is 5.02. The maximum absolute atomic E-state index is 6.36. The van der Waals surface area contributed by atoms with Crippen molar-refractivity contribution in [2.75, 3.05) is 0 Å². The van der Waals surface area contributed by atoms with Crippen molar-refractivity contribution in [1.29, 1.82) is 0 Å². The molecule has 0 aromatic carbocycles. The Balaban J connectivity index is 4.52. The topological polar surface area (TPSA) is 9.23 Å². The van der Waals surface area contributed by atoms with Crippen LogP contribution >= 0.6 is 0 Å². The molecule has 0 aliphatic heterocycles. The van der Waals surface area contributed by atoms with E-state index >= 15 is 0 Å². The molecule has 0 heterocycles. The lowest BCUT2D eigenvalue weighted by molar-refractivity contribution is 0.491. The summed E-state index contributed by atoms with van der Waals surface area (Å²) >= 11 is 0. The van der Waals surface area contributed by atoms with Gasteiger partial charge in [0.15, 0.2) is 16.6 Å². The van der Waals surface area contributed by atoms with Crippen LogP contribution in [0, 0.1) is 6.04 Å². The van der Waals surface area contributed by atoms with Gasteiger partial charge in [-0.05, 0) is 37.3 Å². The van der Waals surface area contributed by atoms with Gasteiger partial charge in [-0.2, -0.15) is 0 Å². The molecule has 13 heavy (non-hydrogen) atoms. The molecule has 1 nitrogen and oxygen atoms in total. The predicted molar refractivity (Wildman–Crippen MR) is 65.7 cm³/mol. The van der Waals surface area contributed by atoms with Crippen LogP contribution in [0.1, 0.15) is 27.7 Å². The molecule has 1 radical (unpaired) electrons. The van der Waals surface area contributed by atoms with Crippen LogP contribution in [-0.2, 0) is 4.12 Å². The third-order valence-electron chi connectivity index (χ3n) is 3.02. The Labute approximate surface area is 86.1 Å². The highest BCUT2D eigenvalue weighted by Gasteiger charge is 2.41. The van der Waals surface area contributed by atoms with E-state index in [4.69, 9.17) is 4.12 Å². The SMILES string of the molecule is C[CH][Si](C)(C)O[Si](C)(C)C(C)(C)C. The minimum absolute atomic E-state index is 0.334. The molecular formula is C10H25OSi2. The van der Waals surface area contributed by atoms with Gasteiger partial charge in [-0.1, -0.05) is 27.7 Å². The van der Waals surface area contributed by atoms with E-state index in [1.807, 2.05) is 0 Å². The summed E-state index contributed by atoms with van der Waals surface area (Å²) in [6, 6.07) is 2.27. The Morgan fingerprint density at radius 3 is 1.62 bits per heavy atom. The van der Waals surface area contributed by atoms with Gasteiger partial charge in [0, 0.05) is 0 Å².